The quantitative estimate of drug-likeness (QED) is 0.536. The number of aliphatic hydroxyl groups is 1. The number of hydrogen-bond donors (Lipinski definition) is 3. The van der Waals surface area contributed by atoms with Crippen molar-refractivity contribution in [3.63, 3.8) is 0 Å². The molecule has 10 heteroatoms. The zero-order valence-electron chi connectivity index (χ0n) is 20.0. The van der Waals surface area contributed by atoms with Crippen molar-refractivity contribution in [2.45, 2.75) is 25.3 Å². The van der Waals surface area contributed by atoms with Crippen molar-refractivity contribution in [1.29, 1.82) is 0 Å². The highest BCUT2D eigenvalue weighted by molar-refractivity contribution is 6.22. The fraction of sp³-hybridized carbons (Fsp3) is 0.385. The lowest BCUT2D eigenvalue weighted by molar-refractivity contribution is -0.157. The number of ether oxygens (including phenoxy) is 1. The Morgan fingerprint density at radius 2 is 1.61 bits per heavy atom. The van der Waals surface area contributed by atoms with Crippen molar-refractivity contribution in [1.82, 2.24) is 20.4 Å². The molecule has 0 atom stereocenters. The highest BCUT2D eigenvalue weighted by Gasteiger charge is 2.58. The Morgan fingerprint density at radius 1 is 0.972 bits per heavy atom. The Kier molecular flexibility index (Phi) is 6.01. The fourth-order valence-electron chi connectivity index (χ4n) is 5.51. The summed E-state index contributed by atoms with van der Waals surface area (Å²) in [5.41, 5.74) is -0.308. The fourth-order valence-corrected chi connectivity index (χ4v) is 5.51. The lowest BCUT2D eigenvalue weighted by Gasteiger charge is -2.56. The third kappa shape index (κ3) is 4.02. The van der Waals surface area contributed by atoms with Crippen molar-refractivity contribution in [2.75, 3.05) is 32.8 Å². The number of aryl methyl sites for hydroxylation is 1. The second kappa shape index (κ2) is 9.03. The van der Waals surface area contributed by atoms with Gasteiger partial charge in [0.2, 0.25) is 11.4 Å². The highest BCUT2D eigenvalue weighted by atomic mass is 16.5. The number of carbonyl (C=O) groups excluding carboxylic acids is 4. The van der Waals surface area contributed by atoms with Crippen LogP contribution in [0.2, 0.25) is 0 Å². The third-order valence-electron chi connectivity index (χ3n) is 7.45. The first-order valence-electron chi connectivity index (χ1n) is 11.9. The number of barbiturate groups is 1. The molecule has 3 heterocycles. The van der Waals surface area contributed by atoms with E-state index in [1.54, 1.807) is 29.2 Å². The van der Waals surface area contributed by atoms with Crippen LogP contribution < -0.4 is 15.4 Å². The van der Waals surface area contributed by atoms with Gasteiger partial charge in [0.1, 0.15) is 18.1 Å². The molecule has 0 saturated carbocycles. The largest absolute Gasteiger partial charge is 0.457 e. The SMILES string of the molecule is Cc1cccc(Oc2ccc(C3(N4CCC5(CC4)CN(C(=O)CO)C5)C(=O)NC(=O)NC3=O)cc2)c1. The summed E-state index contributed by atoms with van der Waals surface area (Å²) in [4.78, 5) is 53.7. The molecule has 0 bridgehead atoms. The number of imide groups is 2. The van der Waals surface area contributed by atoms with Crippen LogP contribution in [0.4, 0.5) is 4.79 Å². The minimum Gasteiger partial charge on any atom is -0.457 e. The normalized spacial score (nSPS) is 20.9. The Labute approximate surface area is 208 Å². The monoisotopic (exact) mass is 492 g/mol. The Morgan fingerprint density at radius 3 is 2.19 bits per heavy atom. The van der Waals surface area contributed by atoms with Gasteiger partial charge in [-0.3, -0.25) is 29.9 Å². The van der Waals surface area contributed by atoms with Gasteiger partial charge >= 0.3 is 6.03 Å². The molecule has 10 nitrogen and oxygen atoms in total. The van der Waals surface area contributed by atoms with Crippen molar-refractivity contribution in [2.24, 2.45) is 5.41 Å². The molecular weight excluding hydrogens is 464 g/mol. The van der Waals surface area contributed by atoms with E-state index in [9.17, 15) is 19.2 Å². The maximum Gasteiger partial charge on any atom is 0.328 e. The molecule has 188 valence electrons. The number of hydrogen-bond acceptors (Lipinski definition) is 7. The van der Waals surface area contributed by atoms with Gasteiger partial charge in [-0.05, 0) is 55.2 Å². The van der Waals surface area contributed by atoms with Crippen LogP contribution in [0, 0.1) is 12.3 Å². The van der Waals surface area contributed by atoms with E-state index in [4.69, 9.17) is 9.84 Å². The zero-order chi connectivity index (χ0) is 25.5. The van der Waals surface area contributed by atoms with Gasteiger partial charge in [0.15, 0.2) is 0 Å². The van der Waals surface area contributed by atoms with Crippen LogP contribution in [0.1, 0.15) is 24.0 Å². The lowest BCUT2D eigenvalue weighted by atomic mass is 9.70. The van der Waals surface area contributed by atoms with Gasteiger partial charge in [-0.25, -0.2) is 4.79 Å². The van der Waals surface area contributed by atoms with Crippen LogP contribution in [0.3, 0.4) is 0 Å². The molecule has 3 aliphatic rings. The maximum atomic E-state index is 13.3. The van der Waals surface area contributed by atoms with E-state index in [-0.39, 0.29) is 11.3 Å². The zero-order valence-corrected chi connectivity index (χ0v) is 20.0. The summed E-state index contributed by atoms with van der Waals surface area (Å²) in [6.45, 7) is 3.42. The summed E-state index contributed by atoms with van der Waals surface area (Å²) in [7, 11) is 0. The Balaban J connectivity index is 1.39. The number of aliphatic hydroxyl groups excluding tert-OH is 1. The van der Waals surface area contributed by atoms with Crippen LogP contribution >= 0.6 is 0 Å². The summed E-state index contributed by atoms with van der Waals surface area (Å²) in [6, 6.07) is 13.5. The smallest absolute Gasteiger partial charge is 0.328 e. The predicted octanol–water partition coefficient (Wildman–Crippen LogP) is 1.27. The molecule has 5 amide bonds. The second-order valence-electron chi connectivity index (χ2n) is 9.79. The van der Waals surface area contributed by atoms with Gasteiger partial charge < -0.3 is 14.7 Å². The molecule has 3 aliphatic heterocycles. The average Bonchev–Trinajstić information content (AvgIpc) is 2.83. The van der Waals surface area contributed by atoms with E-state index >= 15 is 0 Å². The molecule has 0 radical (unpaired) electrons. The van der Waals surface area contributed by atoms with Crippen LogP contribution in [0.5, 0.6) is 11.5 Å². The third-order valence-corrected chi connectivity index (χ3v) is 7.45. The van der Waals surface area contributed by atoms with Crippen molar-refractivity contribution >= 4 is 23.8 Å². The highest BCUT2D eigenvalue weighted by Crippen LogP contribution is 2.44. The average molecular weight is 493 g/mol. The van der Waals surface area contributed by atoms with Gasteiger partial charge in [0, 0.05) is 31.6 Å². The van der Waals surface area contributed by atoms with Crippen LogP contribution in [-0.2, 0) is 19.9 Å². The Hall–Kier alpha value is -3.76. The molecule has 3 saturated heterocycles. The molecule has 1 spiro atoms. The van der Waals surface area contributed by atoms with E-state index in [1.165, 1.54) is 0 Å². The predicted molar refractivity (Wildman–Crippen MR) is 128 cm³/mol. The first-order valence-corrected chi connectivity index (χ1v) is 11.9. The van der Waals surface area contributed by atoms with Gasteiger partial charge in [-0.1, -0.05) is 24.3 Å². The van der Waals surface area contributed by atoms with Crippen LogP contribution in [0.15, 0.2) is 48.5 Å². The maximum absolute atomic E-state index is 13.3. The number of nitrogens with one attached hydrogen (secondary N) is 2. The number of amides is 5. The minimum absolute atomic E-state index is 0.0918. The van der Waals surface area contributed by atoms with Crippen molar-refractivity contribution in [3.8, 4) is 11.5 Å². The van der Waals surface area contributed by atoms with E-state index in [2.05, 4.69) is 10.6 Å². The van der Waals surface area contributed by atoms with Gasteiger partial charge in [0.05, 0.1) is 0 Å². The molecule has 36 heavy (non-hydrogen) atoms. The van der Waals surface area contributed by atoms with Gasteiger partial charge in [-0.2, -0.15) is 0 Å². The van der Waals surface area contributed by atoms with E-state index in [0.717, 1.165) is 5.56 Å². The van der Waals surface area contributed by atoms with E-state index < -0.39 is 30.0 Å². The minimum atomic E-state index is -1.71. The van der Waals surface area contributed by atoms with E-state index in [0.29, 0.717) is 56.1 Å². The number of likely N-dealkylation sites (tertiary alicyclic amines) is 2. The number of rotatable bonds is 5. The number of benzene rings is 2. The van der Waals surface area contributed by atoms with E-state index in [1.807, 2.05) is 36.1 Å². The first-order chi connectivity index (χ1) is 17.3. The second-order valence-corrected chi connectivity index (χ2v) is 9.79. The summed E-state index contributed by atoms with van der Waals surface area (Å²) in [5.74, 6) is -0.452. The molecule has 0 unspecified atom stereocenters. The van der Waals surface area contributed by atoms with Gasteiger partial charge in [-0.15, -0.1) is 0 Å². The standard InChI is InChI=1S/C26H28N4O6/c1-17-3-2-4-20(13-17)36-19-7-5-18(6-8-19)26(22(33)27-24(35)28-23(26)34)30-11-9-25(10-12-30)15-29(16-25)21(32)14-31/h2-8,13,31H,9-12,14-16H2,1H3,(H2,27,28,33,34,35). The van der Waals surface area contributed by atoms with Crippen LogP contribution in [0.25, 0.3) is 0 Å². The molecule has 0 aliphatic carbocycles. The van der Waals surface area contributed by atoms with Crippen molar-refractivity contribution < 1.29 is 29.0 Å². The summed E-state index contributed by atoms with van der Waals surface area (Å²) in [5, 5.41) is 13.6. The first kappa shape index (κ1) is 24.0. The molecule has 3 fully saturated rings. The summed E-state index contributed by atoms with van der Waals surface area (Å²) in [6.07, 6.45) is 1.35. The lowest BCUT2D eigenvalue weighted by Crippen LogP contribution is -2.73. The van der Waals surface area contributed by atoms with Gasteiger partial charge in [0.25, 0.3) is 11.8 Å². The molecular formula is C26H28N4O6. The number of nitrogens with zero attached hydrogens (tertiary/aromatic N) is 2. The molecule has 3 N–H and O–H groups in total. The Bertz CT molecular complexity index is 1190. The summed E-state index contributed by atoms with van der Waals surface area (Å²) >= 11 is 0. The number of carbonyl (C=O) groups is 4. The molecule has 2 aromatic carbocycles. The number of piperidine rings is 1. The van der Waals surface area contributed by atoms with Crippen molar-refractivity contribution in [3.05, 3.63) is 59.7 Å². The summed E-state index contributed by atoms with van der Waals surface area (Å²) < 4.78 is 5.92. The molecule has 0 aromatic heterocycles. The van der Waals surface area contributed by atoms with Crippen LogP contribution in [-0.4, -0.2) is 71.4 Å². The topological polar surface area (TPSA) is 128 Å². The molecule has 2 aromatic rings. The number of urea groups is 1. The molecule has 5 rings (SSSR count).